The summed E-state index contributed by atoms with van der Waals surface area (Å²) < 4.78 is 4.98. The highest BCUT2D eigenvalue weighted by Crippen LogP contribution is 2.13. The first-order valence-electron chi connectivity index (χ1n) is 4.80. The van der Waals surface area contributed by atoms with Gasteiger partial charge in [0.25, 0.3) is 0 Å². The van der Waals surface area contributed by atoms with Crippen LogP contribution in [0, 0.1) is 5.92 Å². The second-order valence-corrected chi connectivity index (χ2v) is 3.54. The van der Waals surface area contributed by atoms with Gasteiger partial charge in [0.2, 0.25) is 6.08 Å². The first-order valence-corrected chi connectivity index (χ1v) is 4.80. The molecule has 1 unspecified atom stereocenters. The third-order valence-electron chi connectivity index (χ3n) is 1.97. The Balaban J connectivity index is 4.48. The van der Waals surface area contributed by atoms with Crippen LogP contribution in [-0.4, -0.2) is 24.2 Å². The molecule has 0 radical (unpaired) electrons. The van der Waals surface area contributed by atoms with E-state index in [0.29, 0.717) is 0 Å². The average molecular weight is 199 g/mol. The maximum Gasteiger partial charge on any atom is 0.332 e. The van der Waals surface area contributed by atoms with Crippen LogP contribution in [-0.2, 0) is 14.3 Å². The Morgan fingerprint density at radius 1 is 1.43 bits per heavy atom. The molecular weight excluding hydrogens is 182 g/mol. The van der Waals surface area contributed by atoms with Gasteiger partial charge < -0.3 is 4.74 Å². The molecule has 0 aliphatic heterocycles. The molecule has 0 aromatic heterocycles. The molecule has 0 fully saturated rings. The van der Waals surface area contributed by atoms with Gasteiger partial charge in [-0.15, -0.1) is 0 Å². The lowest BCUT2D eigenvalue weighted by atomic mass is 10.00. The normalized spacial score (nSPS) is 14.4. The Hall–Kier alpha value is -1.15. The van der Waals surface area contributed by atoms with Crippen molar-refractivity contribution in [2.75, 3.05) is 0 Å². The molecule has 0 spiro atoms. The average Bonchev–Trinajstić information content (AvgIpc) is 2.11. The zero-order valence-corrected chi connectivity index (χ0v) is 9.11. The highest BCUT2D eigenvalue weighted by atomic mass is 16.5. The SMILES string of the molecule is CCC(C)[C@H](N=C=O)C(=O)OC(C)C. The standard InChI is InChI=1S/C10H17NO3/c1-5-8(4)9(11-6-12)10(13)14-7(2)3/h7-9H,5H2,1-4H3/t8?,9-/m0/s1. The van der Waals surface area contributed by atoms with Crippen LogP contribution in [0.25, 0.3) is 0 Å². The Kier molecular flexibility index (Phi) is 5.81. The number of nitrogens with zero attached hydrogens (tertiary/aromatic N) is 1. The highest BCUT2D eigenvalue weighted by Gasteiger charge is 2.25. The van der Waals surface area contributed by atoms with Gasteiger partial charge in [-0.25, -0.2) is 9.59 Å². The number of hydrogen-bond donors (Lipinski definition) is 0. The van der Waals surface area contributed by atoms with Crippen molar-refractivity contribution in [3.05, 3.63) is 0 Å². The molecule has 0 saturated carbocycles. The van der Waals surface area contributed by atoms with Gasteiger partial charge in [-0.1, -0.05) is 20.3 Å². The van der Waals surface area contributed by atoms with Crippen LogP contribution in [0.4, 0.5) is 0 Å². The largest absolute Gasteiger partial charge is 0.461 e. The Morgan fingerprint density at radius 2 is 2.00 bits per heavy atom. The quantitative estimate of drug-likeness (QED) is 0.384. The maximum atomic E-state index is 11.4. The summed E-state index contributed by atoms with van der Waals surface area (Å²) in [6.07, 6.45) is 1.99. The number of hydrogen-bond acceptors (Lipinski definition) is 4. The van der Waals surface area contributed by atoms with E-state index >= 15 is 0 Å². The molecule has 2 atom stereocenters. The topological polar surface area (TPSA) is 55.7 Å². The lowest BCUT2D eigenvalue weighted by Gasteiger charge is -2.17. The maximum absolute atomic E-state index is 11.4. The molecule has 0 aliphatic rings. The van der Waals surface area contributed by atoms with Crippen LogP contribution in [0.1, 0.15) is 34.1 Å². The smallest absolute Gasteiger partial charge is 0.332 e. The molecule has 0 bridgehead atoms. The first-order chi connectivity index (χ1) is 6.52. The summed E-state index contributed by atoms with van der Waals surface area (Å²) in [7, 11) is 0. The van der Waals surface area contributed by atoms with Crippen LogP contribution in [0.3, 0.4) is 0 Å². The zero-order valence-electron chi connectivity index (χ0n) is 9.11. The Bertz CT molecular complexity index is 232. The van der Waals surface area contributed by atoms with Gasteiger partial charge in [-0.3, -0.25) is 0 Å². The van der Waals surface area contributed by atoms with Crippen LogP contribution in [0.15, 0.2) is 4.99 Å². The summed E-state index contributed by atoms with van der Waals surface area (Å²) in [6, 6.07) is -0.708. The van der Waals surface area contributed by atoms with Crippen molar-refractivity contribution in [2.24, 2.45) is 10.9 Å². The molecule has 4 nitrogen and oxygen atoms in total. The van der Waals surface area contributed by atoms with E-state index in [9.17, 15) is 9.59 Å². The van der Waals surface area contributed by atoms with E-state index < -0.39 is 12.0 Å². The number of aliphatic imine (C=N–C) groups is 1. The number of carbonyl (C=O) groups is 1. The van der Waals surface area contributed by atoms with Crippen LogP contribution in [0.2, 0.25) is 0 Å². The fourth-order valence-electron chi connectivity index (χ4n) is 0.994. The summed E-state index contributed by atoms with van der Waals surface area (Å²) in [4.78, 5) is 25.0. The Labute approximate surface area is 84.4 Å². The summed E-state index contributed by atoms with van der Waals surface area (Å²) >= 11 is 0. The van der Waals surface area contributed by atoms with E-state index in [0.717, 1.165) is 6.42 Å². The third-order valence-corrected chi connectivity index (χ3v) is 1.97. The predicted molar refractivity (Wildman–Crippen MR) is 52.6 cm³/mol. The van der Waals surface area contributed by atoms with Crippen molar-refractivity contribution in [3.63, 3.8) is 0 Å². The number of ether oxygens (including phenoxy) is 1. The summed E-state index contributed by atoms with van der Waals surface area (Å²) in [5, 5.41) is 0. The molecule has 4 heteroatoms. The van der Waals surface area contributed by atoms with Crippen molar-refractivity contribution in [1.29, 1.82) is 0 Å². The molecule has 0 saturated heterocycles. The highest BCUT2D eigenvalue weighted by molar-refractivity contribution is 5.77. The lowest BCUT2D eigenvalue weighted by molar-refractivity contribution is -0.150. The third kappa shape index (κ3) is 4.19. The van der Waals surface area contributed by atoms with E-state index in [4.69, 9.17) is 4.74 Å². The lowest BCUT2D eigenvalue weighted by Crippen LogP contribution is -2.29. The van der Waals surface area contributed by atoms with Crippen LogP contribution < -0.4 is 0 Å². The minimum Gasteiger partial charge on any atom is -0.461 e. The molecule has 0 N–H and O–H groups in total. The predicted octanol–water partition coefficient (Wildman–Crippen LogP) is 1.69. The summed E-state index contributed by atoms with van der Waals surface area (Å²) in [5.74, 6) is -0.444. The zero-order chi connectivity index (χ0) is 11.1. The molecule has 0 amide bonds. The monoisotopic (exact) mass is 199 g/mol. The van der Waals surface area contributed by atoms with Gasteiger partial charge in [0.05, 0.1) is 6.10 Å². The summed E-state index contributed by atoms with van der Waals surface area (Å²) in [6.45, 7) is 7.31. The van der Waals surface area contributed by atoms with Gasteiger partial charge in [0.15, 0.2) is 6.04 Å². The second-order valence-electron chi connectivity index (χ2n) is 3.54. The van der Waals surface area contributed by atoms with Gasteiger partial charge in [0.1, 0.15) is 0 Å². The van der Waals surface area contributed by atoms with Crippen molar-refractivity contribution < 1.29 is 14.3 Å². The van der Waals surface area contributed by atoms with Gasteiger partial charge >= 0.3 is 5.97 Å². The van der Waals surface area contributed by atoms with Crippen LogP contribution >= 0.6 is 0 Å². The molecule has 0 aromatic carbocycles. The van der Waals surface area contributed by atoms with E-state index in [1.165, 1.54) is 6.08 Å². The van der Waals surface area contributed by atoms with E-state index in [1.807, 2.05) is 13.8 Å². The van der Waals surface area contributed by atoms with Crippen molar-refractivity contribution in [3.8, 4) is 0 Å². The van der Waals surface area contributed by atoms with E-state index in [-0.39, 0.29) is 12.0 Å². The molecule has 0 aromatic rings. The first kappa shape index (κ1) is 12.8. The molecule has 0 heterocycles. The summed E-state index contributed by atoms with van der Waals surface area (Å²) in [5.41, 5.74) is 0. The molecule has 0 rings (SSSR count). The Morgan fingerprint density at radius 3 is 2.36 bits per heavy atom. The number of esters is 1. The van der Waals surface area contributed by atoms with E-state index in [2.05, 4.69) is 4.99 Å². The van der Waals surface area contributed by atoms with Gasteiger partial charge in [0, 0.05) is 0 Å². The molecule has 14 heavy (non-hydrogen) atoms. The minimum atomic E-state index is -0.708. The van der Waals surface area contributed by atoms with Crippen LogP contribution in [0.5, 0.6) is 0 Å². The second kappa shape index (κ2) is 6.33. The van der Waals surface area contributed by atoms with Crippen molar-refractivity contribution in [2.45, 2.75) is 46.3 Å². The number of carbonyl (C=O) groups excluding carboxylic acids is 2. The minimum absolute atomic E-state index is 0.00250. The van der Waals surface area contributed by atoms with Crippen molar-refractivity contribution in [1.82, 2.24) is 0 Å². The molecular formula is C10H17NO3. The van der Waals surface area contributed by atoms with Gasteiger partial charge in [-0.2, -0.15) is 4.99 Å². The number of isocyanates is 1. The molecule has 80 valence electrons. The fourth-order valence-corrected chi connectivity index (χ4v) is 0.994. The fraction of sp³-hybridized carbons (Fsp3) is 0.800. The molecule has 0 aliphatic carbocycles. The number of rotatable bonds is 5. The van der Waals surface area contributed by atoms with E-state index in [1.54, 1.807) is 13.8 Å². The van der Waals surface area contributed by atoms with Gasteiger partial charge in [-0.05, 0) is 19.8 Å². The van der Waals surface area contributed by atoms with Crippen molar-refractivity contribution >= 4 is 12.0 Å².